The SMILES string of the molecule is Cc1cccc(Cl)c1Nc1ccnc(C#N)c1. The van der Waals surface area contributed by atoms with Crippen molar-refractivity contribution in [3.8, 4) is 6.07 Å². The first-order valence-corrected chi connectivity index (χ1v) is 5.47. The molecule has 0 aliphatic rings. The van der Waals surface area contributed by atoms with Gasteiger partial charge in [0.1, 0.15) is 11.8 Å². The normalized spacial score (nSPS) is 9.71. The van der Waals surface area contributed by atoms with Crippen LogP contribution in [-0.4, -0.2) is 4.98 Å². The minimum atomic E-state index is 0.375. The fourth-order valence-electron chi connectivity index (χ4n) is 1.50. The topological polar surface area (TPSA) is 48.7 Å². The summed E-state index contributed by atoms with van der Waals surface area (Å²) in [6.45, 7) is 1.97. The van der Waals surface area contributed by atoms with Crippen LogP contribution < -0.4 is 5.32 Å². The van der Waals surface area contributed by atoms with E-state index in [1.165, 1.54) is 0 Å². The lowest BCUT2D eigenvalue weighted by molar-refractivity contribution is 1.26. The van der Waals surface area contributed by atoms with Gasteiger partial charge in [0.05, 0.1) is 10.7 Å². The zero-order chi connectivity index (χ0) is 12.3. The number of aromatic nitrogens is 1. The van der Waals surface area contributed by atoms with Crippen LogP contribution in [0.1, 0.15) is 11.3 Å². The number of hydrogen-bond acceptors (Lipinski definition) is 3. The average molecular weight is 244 g/mol. The van der Waals surface area contributed by atoms with E-state index in [1.54, 1.807) is 18.3 Å². The van der Waals surface area contributed by atoms with Crippen molar-refractivity contribution in [2.24, 2.45) is 0 Å². The minimum Gasteiger partial charge on any atom is -0.354 e. The summed E-state index contributed by atoms with van der Waals surface area (Å²) in [6, 6.07) is 11.2. The first-order chi connectivity index (χ1) is 8.20. The lowest BCUT2D eigenvalue weighted by Crippen LogP contribution is -1.95. The number of pyridine rings is 1. The number of nitrogens with one attached hydrogen (secondary N) is 1. The van der Waals surface area contributed by atoms with Gasteiger partial charge in [0.2, 0.25) is 0 Å². The molecule has 3 nitrogen and oxygen atoms in total. The number of nitrogens with zero attached hydrogens (tertiary/aromatic N) is 2. The van der Waals surface area contributed by atoms with E-state index in [0.717, 1.165) is 16.9 Å². The first kappa shape index (κ1) is 11.4. The summed E-state index contributed by atoms with van der Waals surface area (Å²) >= 11 is 6.11. The van der Waals surface area contributed by atoms with Crippen LogP contribution in [0.15, 0.2) is 36.5 Å². The van der Waals surface area contributed by atoms with Gasteiger partial charge in [-0.1, -0.05) is 23.7 Å². The summed E-state index contributed by atoms with van der Waals surface area (Å²) in [5, 5.41) is 12.6. The van der Waals surface area contributed by atoms with Gasteiger partial charge in [-0.2, -0.15) is 5.26 Å². The second kappa shape index (κ2) is 4.86. The third kappa shape index (κ3) is 2.55. The van der Waals surface area contributed by atoms with E-state index in [2.05, 4.69) is 10.3 Å². The molecule has 2 rings (SSSR count). The Kier molecular flexibility index (Phi) is 3.27. The number of rotatable bonds is 2. The molecule has 0 aliphatic heterocycles. The molecule has 2 aromatic rings. The monoisotopic (exact) mass is 243 g/mol. The molecule has 0 bridgehead atoms. The van der Waals surface area contributed by atoms with Crippen molar-refractivity contribution in [3.63, 3.8) is 0 Å². The Hall–Kier alpha value is -2.05. The molecular weight excluding hydrogens is 234 g/mol. The molecule has 0 radical (unpaired) electrons. The second-order valence-electron chi connectivity index (χ2n) is 3.60. The standard InChI is InChI=1S/C13H10ClN3/c1-9-3-2-4-12(14)13(9)17-10-5-6-16-11(7-10)8-15/h2-7H,1H3,(H,16,17). The van der Waals surface area contributed by atoms with E-state index < -0.39 is 0 Å². The van der Waals surface area contributed by atoms with E-state index in [1.807, 2.05) is 31.2 Å². The van der Waals surface area contributed by atoms with E-state index in [9.17, 15) is 0 Å². The number of anilines is 2. The van der Waals surface area contributed by atoms with Gasteiger partial charge in [-0.25, -0.2) is 4.98 Å². The number of hydrogen-bond donors (Lipinski definition) is 1. The van der Waals surface area contributed by atoms with Crippen molar-refractivity contribution in [1.82, 2.24) is 4.98 Å². The largest absolute Gasteiger partial charge is 0.354 e. The molecule has 0 spiro atoms. The van der Waals surface area contributed by atoms with Gasteiger partial charge in [-0.3, -0.25) is 0 Å². The Morgan fingerprint density at radius 2 is 2.18 bits per heavy atom. The number of halogens is 1. The lowest BCUT2D eigenvalue weighted by atomic mass is 10.2. The highest BCUT2D eigenvalue weighted by Gasteiger charge is 2.04. The molecule has 0 atom stereocenters. The van der Waals surface area contributed by atoms with E-state index in [0.29, 0.717) is 10.7 Å². The molecule has 1 heterocycles. The Morgan fingerprint density at radius 1 is 1.35 bits per heavy atom. The second-order valence-corrected chi connectivity index (χ2v) is 4.01. The average Bonchev–Trinajstić information content (AvgIpc) is 2.34. The van der Waals surface area contributed by atoms with Crippen LogP contribution in [0.5, 0.6) is 0 Å². The maximum atomic E-state index is 8.77. The fourth-order valence-corrected chi connectivity index (χ4v) is 1.77. The van der Waals surface area contributed by atoms with Crippen molar-refractivity contribution < 1.29 is 0 Å². The lowest BCUT2D eigenvalue weighted by Gasteiger charge is -2.11. The third-order valence-electron chi connectivity index (χ3n) is 2.37. The zero-order valence-corrected chi connectivity index (χ0v) is 9.99. The van der Waals surface area contributed by atoms with Crippen LogP contribution in [0.4, 0.5) is 11.4 Å². The van der Waals surface area contributed by atoms with Crippen LogP contribution in [0, 0.1) is 18.3 Å². The van der Waals surface area contributed by atoms with Gasteiger partial charge in [-0.05, 0) is 30.7 Å². The van der Waals surface area contributed by atoms with Crippen LogP contribution in [0.3, 0.4) is 0 Å². The maximum absolute atomic E-state index is 8.77. The van der Waals surface area contributed by atoms with Gasteiger partial charge >= 0.3 is 0 Å². The Labute approximate surface area is 105 Å². The summed E-state index contributed by atoms with van der Waals surface area (Å²) in [6.07, 6.45) is 1.59. The zero-order valence-electron chi connectivity index (χ0n) is 9.24. The molecule has 17 heavy (non-hydrogen) atoms. The molecule has 0 saturated heterocycles. The molecule has 1 aromatic carbocycles. The molecule has 0 unspecified atom stereocenters. The van der Waals surface area contributed by atoms with Gasteiger partial charge < -0.3 is 5.32 Å². The molecule has 0 fully saturated rings. The minimum absolute atomic E-state index is 0.375. The van der Waals surface area contributed by atoms with Gasteiger partial charge in [-0.15, -0.1) is 0 Å². The number of nitriles is 1. The molecule has 1 N–H and O–H groups in total. The molecular formula is C13H10ClN3. The Balaban J connectivity index is 2.35. The smallest absolute Gasteiger partial charge is 0.142 e. The highest BCUT2D eigenvalue weighted by atomic mass is 35.5. The van der Waals surface area contributed by atoms with E-state index in [4.69, 9.17) is 16.9 Å². The third-order valence-corrected chi connectivity index (χ3v) is 2.68. The summed E-state index contributed by atoms with van der Waals surface area (Å²) in [5.74, 6) is 0. The summed E-state index contributed by atoms with van der Waals surface area (Å²) in [7, 11) is 0. The highest BCUT2D eigenvalue weighted by Crippen LogP contribution is 2.28. The van der Waals surface area contributed by atoms with Crippen molar-refractivity contribution >= 4 is 23.0 Å². The quantitative estimate of drug-likeness (QED) is 0.876. The number of benzene rings is 1. The molecule has 0 aliphatic carbocycles. The van der Waals surface area contributed by atoms with Crippen LogP contribution in [-0.2, 0) is 0 Å². The summed E-state index contributed by atoms with van der Waals surface area (Å²) in [4.78, 5) is 3.91. The summed E-state index contributed by atoms with van der Waals surface area (Å²) < 4.78 is 0. The first-order valence-electron chi connectivity index (χ1n) is 5.09. The van der Waals surface area contributed by atoms with Gasteiger partial charge in [0, 0.05) is 11.9 Å². The predicted octanol–water partition coefficient (Wildman–Crippen LogP) is 3.66. The van der Waals surface area contributed by atoms with Crippen molar-refractivity contribution in [3.05, 3.63) is 52.8 Å². The van der Waals surface area contributed by atoms with Crippen molar-refractivity contribution in [2.75, 3.05) is 5.32 Å². The predicted molar refractivity (Wildman–Crippen MR) is 68.4 cm³/mol. The molecule has 4 heteroatoms. The molecule has 0 amide bonds. The van der Waals surface area contributed by atoms with Gasteiger partial charge in [0.15, 0.2) is 0 Å². The van der Waals surface area contributed by atoms with Crippen LogP contribution >= 0.6 is 11.6 Å². The van der Waals surface area contributed by atoms with Crippen molar-refractivity contribution in [2.45, 2.75) is 6.92 Å². The van der Waals surface area contributed by atoms with Crippen LogP contribution in [0.2, 0.25) is 5.02 Å². The number of aryl methyl sites for hydroxylation is 1. The fraction of sp³-hybridized carbons (Fsp3) is 0.0769. The Morgan fingerprint density at radius 3 is 2.88 bits per heavy atom. The molecule has 1 aromatic heterocycles. The van der Waals surface area contributed by atoms with Crippen molar-refractivity contribution in [1.29, 1.82) is 5.26 Å². The van der Waals surface area contributed by atoms with E-state index in [-0.39, 0.29) is 0 Å². The van der Waals surface area contributed by atoms with Crippen LogP contribution in [0.25, 0.3) is 0 Å². The summed E-state index contributed by atoms with van der Waals surface area (Å²) in [5.41, 5.74) is 3.07. The maximum Gasteiger partial charge on any atom is 0.142 e. The van der Waals surface area contributed by atoms with Gasteiger partial charge in [0.25, 0.3) is 0 Å². The molecule has 84 valence electrons. The highest BCUT2D eigenvalue weighted by molar-refractivity contribution is 6.33. The molecule has 0 saturated carbocycles. The Bertz CT molecular complexity index is 567. The van der Waals surface area contributed by atoms with E-state index >= 15 is 0 Å². The number of para-hydroxylation sites is 1.